The molecule has 0 fully saturated rings. The summed E-state index contributed by atoms with van der Waals surface area (Å²) in [6.45, 7) is 0.510. The molecule has 0 amide bonds. The molecule has 16 heavy (non-hydrogen) atoms. The third-order valence-electron chi connectivity index (χ3n) is 2.06. The summed E-state index contributed by atoms with van der Waals surface area (Å²) in [6.07, 6.45) is 3.08. The van der Waals surface area contributed by atoms with Gasteiger partial charge in [0.05, 0.1) is 24.1 Å². The Balaban J connectivity index is 2.08. The van der Waals surface area contributed by atoms with Gasteiger partial charge in [0.2, 0.25) is 0 Å². The lowest BCUT2D eigenvalue weighted by molar-refractivity contribution is 0.518. The summed E-state index contributed by atoms with van der Waals surface area (Å²) >= 11 is 0. The second-order valence-electron chi connectivity index (χ2n) is 3.21. The van der Waals surface area contributed by atoms with Crippen LogP contribution in [0.25, 0.3) is 0 Å². The fourth-order valence-electron chi connectivity index (χ4n) is 1.27. The molecule has 0 bridgehead atoms. The summed E-state index contributed by atoms with van der Waals surface area (Å²) in [5.74, 6) is 1.35. The molecular formula is C11H10N4O. The highest BCUT2D eigenvalue weighted by Crippen LogP contribution is 2.16. The summed E-state index contributed by atoms with van der Waals surface area (Å²) < 4.78 is 5.16. The standard InChI is InChI=1S/C11H10N4O/c12-5-8-4-10(13)11(14-6-8)15-7-9-2-1-3-16-9/h1-4,6H,7,13H2,(H,14,15). The first-order chi connectivity index (χ1) is 7.79. The number of furan rings is 1. The first kappa shape index (κ1) is 10.1. The third kappa shape index (κ3) is 2.12. The Morgan fingerprint density at radius 2 is 2.44 bits per heavy atom. The van der Waals surface area contributed by atoms with Crippen LogP contribution in [0.5, 0.6) is 0 Å². The van der Waals surface area contributed by atoms with Gasteiger partial charge >= 0.3 is 0 Å². The number of nitrogen functional groups attached to an aromatic ring is 1. The second-order valence-corrected chi connectivity index (χ2v) is 3.21. The predicted octanol–water partition coefficient (Wildman–Crippen LogP) is 1.74. The smallest absolute Gasteiger partial charge is 0.149 e. The number of nitrogens with one attached hydrogen (secondary N) is 1. The van der Waals surface area contributed by atoms with Crippen LogP contribution in [0, 0.1) is 11.3 Å². The van der Waals surface area contributed by atoms with Crippen LogP contribution < -0.4 is 11.1 Å². The van der Waals surface area contributed by atoms with Crippen molar-refractivity contribution >= 4 is 11.5 Å². The molecule has 0 atom stereocenters. The van der Waals surface area contributed by atoms with Crippen molar-refractivity contribution < 1.29 is 4.42 Å². The fraction of sp³-hybridized carbons (Fsp3) is 0.0909. The van der Waals surface area contributed by atoms with Crippen molar-refractivity contribution in [2.45, 2.75) is 6.54 Å². The molecule has 0 aliphatic heterocycles. The number of aromatic nitrogens is 1. The molecule has 3 N–H and O–H groups in total. The fourth-order valence-corrected chi connectivity index (χ4v) is 1.27. The van der Waals surface area contributed by atoms with Crippen LogP contribution in [-0.4, -0.2) is 4.98 Å². The Hall–Kier alpha value is -2.48. The SMILES string of the molecule is N#Cc1cnc(NCc2ccco2)c(N)c1. The molecule has 5 heteroatoms. The molecule has 0 saturated heterocycles. The summed E-state index contributed by atoms with van der Waals surface area (Å²) in [6, 6.07) is 7.22. The maximum Gasteiger partial charge on any atom is 0.149 e. The Morgan fingerprint density at radius 1 is 1.56 bits per heavy atom. The van der Waals surface area contributed by atoms with Crippen molar-refractivity contribution in [2.75, 3.05) is 11.1 Å². The van der Waals surface area contributed by atoms with Gasteiger partial charge in [-0.25, -0.2) is 4.98 Å². The third-order valence-corrected chi connectivity index (χ3v) is 2.06. The van der Waals surface area contributed by atoms with Crippen molar-refractivity contribution in [3.05, 3.63) is 42.0 Å². The molecule has 0 spiro atoms. The van der Waals surface area contributed by atoms with Crippen LogP contribution in [0.3, 0.4) is 0 Å². The van der Waals surface area contributed by atoms with E-state index < -0.39 is 0 Å². The summed E-state index contributed by atoms with van der Waals surface area (Å²) in [7, 11) is 0. The summed E-state index contributed by atoms with van der Waals surface area (Å²) in [5.41, 5.74) is 6.62. The van der Waals surface area contributed by atoms with Gasteiger partial charge in [-0.05, 0) is 18.2 Å². The highest BCUT2D eigenvalue weighted by molar-refractivity contribution is 5.62. The number of rotatable bonds is 3. The van der Waals surface area contributed by atoms with Gasteiger partial charge in [-0.3, -0.25) is 0 Å². The van der Waals surface area contributed by atoms with Crippen LogP contribution in [0.4, 0.5) is 11.5 Å². The number of hydrogen-bond donors (Lipinski definition) is 2. The molecule has 2 aromatic heterocycles. The number of nitrogens with zero attached hydrogens (tertiary/aromatic N) is 2. The number of pyridine rings is 1. The molecule has 0 aromatic carbocycles. The van der Waals surface area contributed by atoms with Crippen molar-refractivity contribution in [1.29, 1.82) is 5.26 Å². The van der Waals surface area contributed by atoms with E-state index in [1.807, 2.05) is 18.2 Å². The zero-order chi connectivity index (χ0) is 11.4. The molecule has 0 aliphatic rings. The van der Waals surface area contributed by atoms with Crippen LogP contribution in [0.2, 0.25) is 0 Å². The number of anilines is 2. The lowest BCUT2D eigenvalue weighted by atomic mass is 10.3. The second kappa shape index (κ2) is 4.36. The van der Waals surface area contributed by atoms with E-state index in [0.717, 1.165) is 5.76 Å². The minimum atomic E-state index is 0.445. The van der Waals surface area contributed by atoms with Crippen molar-refractivity contribution in [3.8, 4) is 6.07 Å². The zero-order valence-corrected chi connectivity index (χ0v) is 8.47. The number of nitrogens with two attached hydrogens (primary N) is 1. The summed E-state index contributed by atoms with van der Waals surface area (Å²) in [4.78, 5) is 4.05. The van der Waals surface area contributed by atoms with Crippen molar-refractivity contribution in [2.24, 2.45) is 0 Å². The molecule has 2 rings (SSSR count). The number of hydrogen-bond acceptors (Lipinski definition) is 5. The minimum absolute atomic E-state index is 0.445. The monoisotopic (exact) mass is 214 g/mol. The van der Waals surface area contributed by atoms with Gasteiger partial charge in [-0.15, -0.1) is 0 Å². The molecule has 0 saturated carbocycles. The van der Waals surface area contributed by atoms with Crippen LogP contribution in [0.15, 0.2) is 35.1 Å². The molecule has 0 aliphatic carbocycles. The highest BCUT2D eigenvalue weighted by Gasteiger charge is 2.02. The molecule has 2 heterocycles. The predicted molar refractivity (Wildman–Crippen MR) is 59.4 cm³/mol. The lowest BCUT2D eigenvalue weighted by Crippen LogP contribution is -2.04. The topological polar surface area (TPSA) is 87.9 Å². The van der Waals surface area contributed by atoms with Gasteiger partial charge in [0.1, 0.15) is 17.6 Å². The number of nitriles is 1. The maximum atomic E-state index is 8.65. The van der Waals surface area contributed by atoms with Gasteiger partial charge in [0.25, 0.3) is 0 Å². The Labute approximate surface area is 92.5 Å². The van der Waals surface area contributed by atoms with Crippen molar-refractivity contribution in [1.82, 2.24) is 4.98 Å². The summed E-state index contributed by atoms with van der Waals surface area (Å²) in [5, 5.41) is 11.7. The minimum Gasteiger partial charge on any atom is -0.467 e. The van der Waals surface area contributed by atoms with E-state index in [1.165, 1.54) is 6.20 Å². The van der Waals surface area contributed by atoms with Gasteiger partial charge in [0.15, 0.2) is 0 Å². The van der Waals surface area contributed by atoms with Crippen LogP contribution in [0.1, 0.15) is 11.3 Å². The first-order valence-electron chi connectivity index (χ1n) is 4.71. The average molecular weight is 214 g/mol. The molecule has 0 radical (unpaired) electrons. The van der Waals surface area contributed by atoms with Gasteiger partial charge < -0.3 is 15.5 Å². The van der Waals surface area contributed by atoms with Gasteiger partial charge in [0, 0.05) is 6.20 Å². The maximum absolute atomic E-state index is 8.65. The zero-order valence-electron chi connectivity index (χ0n) is 8.47. The molecule has 0 unspecified atom stereocenters. The van der Waals surface area contributed by atoms with E-state index >= 15 is 0 Å². The Bertz CT molecular complexity index is 513. The normalized spacial score (nSPS) is 9.69. The van der Waals surface area contributed by atoms with E-state index in [-0.39, 0.29) is 0 Å². The first-order valence-corrected chi connectivity index (χ1v) is 4.71. The molecule has 80 valence electrons. The van der Waals surface area contributed by atoms with E-state index in [4.69, 9.17) is 15.4 Å². The van der Waals surface area contributed by atoms with E-state index in [9.17, 15) is 0 Å². The Morgan fingerprint density at radius 3 is 3.06 bits per heavy atom. The van der Waals surface area contributed by atoms with Crippen molar-refractivity contribution in [3.63, 3.8) is 0 Å². The van der Waals surface area contributed by atoms with Gasteiger partial charge in [-0.2, -0.15) is 5.26 Å². The average Bonchev–Trinajstić information content (AvgIpc) is 2.80. The lowest BCUT2D eigenvalue weighted by Gasteiger charge is -2.06. The Kier molecular flexibility index (Phi) is 2.74. The van der Waals surface area contributed by atoms with E-state index in [1.54, 1.807) is 12.3 Å². The molecule has 5 nitrogen and oxygen atoms in total. The van der Waals surface area contributed by atoms with E-state index in [0.29, 0.717) is 23.6 Å². The molecule has 2 aromatic rings. The largest absolute Gasteiger partial charge is 0.467 e. The quantitative estimate of drug-likeness (QED) is 0.812. The van der Waals surface area contributed by atoms with E-state index in [2.05, 4.69) is 10.3 Å². The van der Waals surface area contributed by atoms with Gasteiger partial charge in [-0.1, -0.05) is 0 Å². The van der Waals surface area contributed by atoms with Crippen LogP contribution in [-0.2, 0) is 6.54 Å². The van der Waals surface area contributed by atoms with Crippen LogP contribution >= 0.6 is 0 Å². The molecular weight excluding hydrogens is 204 g/mol. The highest BCUT2D eigenvalue weighted by atomic mass is 16.3.